The van der Waals surface area contributed by atoms with Crippen LogP contribution in [0.3, 0.4) is 0 Å². The lowest BCUT2D eigenvalue weighted by Gasteiger charge is -2.11. The molecule has 1 aromatic carbocycles. The van der Waals surface area contributed by atoms with Crippen molar-refractivity contribution in [2.75, 3.05) is 7.05 Å². The number of benzene rings is 1. The molecular formula is C13H13Cl2NO. The van der Waals surface area contributed by atoms with Gasteiger partial charge in [-0.1, -0.05) is 23.2 Å². The van der Waals surface area contributed by atoms with Crippen LogP contribution < -0.4 is 5.32 Å². The van der Waals surface area contributed by atoms with Gasteiger partial charge in [-0.25, -0.2) is 0 Å². The maximum Gasteiger partial charge on any atom is 0.154 e. The van der Waals surface area contributed by atoms with Crippen LogP contribution in [0.5, 0.6) is 0 Å². The average molecular weight is 270 g/mol. The van der Waals surface area contributed by atoms with E-state index in [1.807, 2.05) is 13.1 Å². The SMILES string of the molecule is CNC(c1cc2ccc(Cl)c(Cl)c2o1)C1CC1. The highest BCUT2D eigenvalue weighted by Gasteiger charge is 2.33. The van der Waals surface area contributed by atoms with Crippen molar-refractivity contribution in [1.82, 2.24) is 5.32 Å². The molecule has 3 rings (SSSR count). The molecule has 1 N–H and O–H groups in total. The minimum absolute atomic E-state index is 0.289. The standard InChI is InChI=1S/C13H13Cl2NO/c1-16-12(7-2-3-7)10-6-8-4-5-9(14)11(15)13(8)17-10/h4-7,12,16H,2-3H2,1H3. The van der Waals surface area contributed by atoms with E-state index < -0.39 is 0 Å². The molecule has 0 radical (unpaired) electrons. The van der Waals surface area contributed by atoms with Crippen LogP contribution in [0.25, 0.3) is 11.0 Å². The molecule has 1 saturated carbocycles. The first-order valence-electron chi connectivity index (χ1n) is 5.75. The fraction of sp³-hybridized carbons (Fsp3) is 0.385. The molecule has 0 spiro atoms. The van der Waals surface area contributed by atoms with Gasteiger partial charge in [0.1, 0.15) is 10.8 Å². The van der Waals surface area contributed by atoms with E-state index in [-0.39, 0.29) is 6.04 Å². The molecule has 1 aliphatic rings. The average Bonchev–Trinajstić information content (AvgIpc) is 3.05. The molecule has 2 aromatic rings. The summed E-state index contributed by atoms with van der Waals surface area (Å²) >= 11 is 12.1. The van der Waals surface area contributed by atoms with Crippen LogP contribution in [-0.2, 0) is 0 Å². The van der Waals surface area contributed by atoms with Crippen molar-refractivity contribution in [1.29, 1.82) is 0 Å². The molecule has 0 bridgehead atoms. The summed E-state index contributed by atoms with van der Waals surface area (Å²) in [7, 11) is 1.96. The molecule has 1 aliphatic carbocycles. The van der Waals surface area contributed by atoms with Crippen LogP contribution in [0.15, 0.2) is 22.6 Å². The van der Waals surface area contributed by atoms with E-state index in [1.165, 1.54) is 12.8 Å². The maximum absolute atomic E-state index is 6.14. The van der Waals surface area contributed by atoms with Crippen LogP contribution in [0.4, 0.5) is 0 Å². The van der Waals surface area contributed by atoms with Crippen molar-refractivity contribution in [3.8, 4) is 0 Å². The van der Waals surface area contributed by atoms with E-state index in [2.05, 4.69) is 11.4 Å². The van der Waals surface area contributed by atoms with Crippen molar-refractivity contribution >= 4 is 34.2 Å². The van der Waals surface area contributed by atoms with Gasteiger partial charge in [-0.05, 0) is 44.0 Å². The second-order valence-corrected chi connectivity index (χ2v) is 5.32. The quantitative estimate of drug-likeness (QED) is 0.893. The minimum atomic E-state index is 0.289. The normalized spacial score (nSPS) is 17.6. The van der Waals surface area contributed by atoms with Crippen molar-refractivity contribution < 1.29 is 4.42 Å². The van der Waals surface area contributed by atoms with Gasteiger partial charge in [-0.15, -0.1) is 0 Å². The first-order chi connectivity index (χ1) is 8.20. The van der Waals surface area contributed by atoms with Crippen molar-refractivity contribution in [2.45, 2.75) is 18.9 Å². The number of hydrogen-bond donors (Lipinski definition) is 1. The van der Waals surface area contributed by atoms with Gasteiger partial charge in [0.2, 0.25) is 0 Å². The Hall–Kier alpha value is -0.700. The topological polar surface area (TPSA) is 25.2 Å². The zero-order chi connectivity index (χ0) is 12.0. The summed E-state index contributed by atoms with van der Waals surface area (Å²) in [5.41, 5.74) is 0.690. The Bertz CT molecular complexity index is 560. The number of halogens is 2. The van der Waals surface area contributed by atoms with Gasteiger partial charge < -0.3 is 9.73 Å². The Balaban J connectivity index is 2.09. The zero-order valence-corrected chi connectivity index (χ0v) is 11.0. The van der Waals surface area contributed by atoms with E-state index in [4.69, 9.17) is 27.6 Å². The fourth-order valence-corrected chi connectivity index (χ4v) is 2.62. The fourth-order valence-electron chi connectivity index (χ4n) is 2.26. The molecule has 4 heteroatoms. The Labute approximate surface area is 110 Å². The van der Waals surface area contributed by atoms with E-state index in [1.54, 1.807) is 6.07 Å². The summed E-state index contributed by atoms with van der Waals surface area (Å²) in [4.78, 5) is 0. The van der Waals surface area contributed by atoms with E-state index in [0.29, 0.717) is 21.5 Å². The number of rotatable bonds is 3. The number of hydrogen-bond acceptors (Lipinski definition) is 2. The lowest BCUT2D eigenvalue weighted by molar-refractivity contribution is 0.419. The third kappa shape index (κ3) is 1.95. The maximum atomic E-state index is 6.14. The van der Waals surface area contributed by atoms with Gasteiger partial charge in [-0.3, -0.25) is 0 Å². The highest BCUT2D eigenvalue weighted by molar-refractivity contribution is 6.44. The second kappa shape index (κ2) is 4.20. The van der Waals surface area contributed by atoms with Crippen LogP contribution in [0, 0.1) is 5.92 Å². The minimum Gasteiger partial charge on any atom is -0.458 e. The van der Waals surface area contributed by atoms with Gasteiger partial charge in [0.15, 0.2) is 5.58 Å². The predicted molar refractivity (Wildman–Crippen MR) is 70.8 cm³/mol. The molecule has 1 fully saturated rings. The third-order valence-electron chi connectivity index (χ3n) is 3.31. The monoisotopic (exact) mass is 269 g/mol. The lowest BCUT2D eigenvalue weighted by atomic mass is 10.1. The van der Waals surface area contributed by atoms with Gasteiger partial charge in [-0.2, -0.15) is 0 Å². The molecule has 1 aromatic heterocycles. The Morgan fingerprint density at radius 1 is 1.35 bits per heavy atom. The molecule has 1 unspecified atom stereocenters. The Kier molecular flexibility index (Phi) is 2.81. The van der Waals surface area contributed by atoms with Crippen LogP contribution in [-0.4, -0.2) is 7.05 Å². The van der Waals surface area contributed by atoms with Gasteiger partial charge in [0.25, 0.3) is 0 Å². The number of fused-ring (bicyclic) bond motifs is 1. The molecule has 90 valence electrons. The first-order valence-corrected chi connectivity index (χ1v) is 6.51. The van der Waals surface area contributed by atoms with Gasteiger partial charge in [0.05, 0.1) is 11.1 Å². The third-order valence-corrected chi connectivity index (χ3v) is 4.10. The van der Waals surface area contributed by atoms with Crippen molar-refractivity contribution in [2.24, 2.45) is 5.92 Å². The molecular weight excluding hydrogens is 257 g/mol. The molecule has 0 amide bonds. The second-order valence-electron chi connectivity index (χ2n) is 4.53. The van der Waals surface area contributed by atoms with E-state index >= 15 is 0 Å². The van der Waals surface area contributed by atoms with E-state index in [0.717, 1.165) is 11.1 Å². The van der Waals surface area contributed by atoms with Gasteiger partial charge in [0, 0.05) is 5.39 Å². The summed E-state index contributed by atoms with van der Waals surface area (Å²) in [6, 6.07) is 6.08. The molecule has 1 atom stereocenters. The smallest absolute Gasteiger partial charge is 0.154 e. The molecule has 17 heavy (non-hydrogen) atoms. The predicted octanol–water partition coefficient (Wildman–Crippen LogP) is 4.41. The summed E-state index contributed by atoms with van der Waals surface area (Å²) in [5, 5.41) is 5.35. The zero-order valence-electron chi connectivity index (χ0n) is 9.47. The van der Waals surface area contributed by atoms with Gasteiger partial charge >= 0.3 is 0 Å². The molecule has 0 saturated heterocycles. The summed E-state index contributed by atoms with van der Waals surface area (Å²) < 4.78 is 5.86. The Morgan fingerprint density at radius 2 is 2.12 bits per heavy atom. The van der Waals surface area contributed by atoms with Crippen molar-refractivity contribution in [3.05, 3.63) is 34.0 Å². The first kappa shape index (κ1) is 11.4. The van der Waals surface area contributed by atoms with Crippen molar-refractivity contribution in [3.63, 3.8) is 0 Å². The largest absolute Gasteiger partial charge is 0.458 e. The summed E-state index contributed by atoms with van der Waals surface area (Å²) in [5.74, 6) is 1.64. The highest BCUT2D eigenvalue weighted by atomic mass is 35.5. The van der Waals surface area contributed by atoms with Crippen LogP contribution in [0.2, 0.25) is 10.0 Å². The molecule has 2 nitrogen and oxygen atoms in total. The molecule has 1 heterocycles. The Morgan fingerprint density at radius 3 is 2.76 bits per heavy atom. The number of furan rings is 1. The number of nitrogens with one attached hydrogen (secondary N) is 1. The lowest BCUT2D eigenvalue weighted by Crippen LogP contribution is -2.17. The molecule has 0 aliphatic heterocycles. The summed E-state index contributed by atoms with van der Waals surface area (Å²) in [6.07, 6.45) is 2.52. The van der Waals surface area contributed by atoms with Crippen LogP contribution >= 0.6 is 23.2 Å². The highest BCUT2D eigenvalue weighted by Crippen LogP contribution is 2.43. The van der Waals surface area contributed by atoms with E-state index in [9.17, 15) is 0 Å². The summed E-state index contributed by atoms with van der Waals surface area (Å²) in [6.45, 7) is 0. The van der Waals surface area contributed by atoms with Crippen LogP contribution in [0.1, 0.15) is 24.6 Å².